The quantitative estimate of drug-likeness (QED) is 0.653. The van der Waals surface area contributed by atoms with Crippen molar-refractivity contribution in [3.63, 3.8) is 0 Å². The Morgan fingerprint density at radius 1 is 1.03 bits per heavy atom. The summed E-state index contributed by atoms with van der Waals surface area (Å²) in [5.74, 6) is -1.11. The molecule has 2 aromatic carbocycles. The van der Waals surface area contributed by atoms with Crippen molar-refractivity contribution in [2.75, 3.05) is 32.8 Å². The van der Waals surface area contributed by atoms with Crippen LogP contribution in [0.4, 0.5) is 4.79 Å². The molecule has 0 unspecified atom stereocenters. The smallest absolute Gasteiger partial charge is 0.407 e. The monoisotopic (exact) mass is 464 g/mol. The van der Waals surface area contributed by atoms with Gasteiger partial charge < -0.3 is 24.8 Å². The normalized spacial score (nSPS) is 21.5. The molecule has 3 aliphatic rings. The average molecular weight is 465 g/mol. The zero-order chi connectivity index (χ0) is 23.7. The van der Waals surface area contributed by atoms with Gasteiger partial charge in [0.25, 0.3) is 5.91 Å². The first kappa shape index (κ1) is 22.4. The Balaban J connectivity index is 1.12. The molecule has 0 bridgehead atoms. The van der Waals surface area contributed by atoms with Crippen molar-refractivity contribution in [3.8, 4) is 11.1 Å². The molecular weight excluding hydrogens is 436 g/mol. The lowest BCUT2D eigenvalue weighted by Crippen LogP contribution is -2.55. The molecule has 2 fully saturated rings. The number of carbonyl (C=O) groups is 3. The minimum Gasteiger partial charge on any atom is -0.481 e. The van der Waals surface area contributed by atoms with Crippen LogP contribution in [0.2, 0.25) is 0 Å². The third kappa shape index (κ3) is 4.37. The van der Waals surface area contributed by atoms with Crippen LogP contribution in [-0.2, 0) is 19.1 Å². The van der Waals surface area contributed by atoms with E-state index in [2.05, 4.69) is 29.6 Å². The molecule has 0 saturated carbocycles. The van der Waals surface area contributed by atoms with Gasteiger partial charge in [0.05, 0.1) is 6.42 Å². The fraction of sp³-hybridized carbons (Fsp3) is 0.423. The molecule has 2 atom stereocenters. The Kier molecular flexibility index (Phi) is 6.24. The zero-order valence-corrected chi connectivity index (χ0v) is 18.8. The van der Waals surface area contributed by atoms with Crippen molar-refractivity contribution in [2.45, 2.75) is 24.9 Å². The Bertz CT molecular complexity index is 1050. The third-order valence-electron chi connectivity index (χ3n) is 7.04. The topological polar surface area (TPSA) is 105 Å². The minimum absolute atomic E-state index is 0.000235. The molecule has 5 rings (SSSR count). The molecule has 2 N–H and O–H groups in total. The lowest BCUT2D eigenvalue weighted by Gasteiger charge is -2.40. The maximum absolute atomic E-state index is 12.8. The number of alkyl carbamates (subject to hydrolysis) is 1. The first-order valence-electron chi connectivity index (χ1n) is 11.7. The largest absolute Gasteiger partial charge is 0.481 e. The van der Waals surface area contributed by atoms with Crippen LogP contribution in [0.25, 0.3) is 11.1 Å². The van der Waals surface area contributed by atoms with E-state index in [1.807, 2.05) is 24.3 Å². The lowest BCUT2D eigenvalue weighted by atomic mass is 9.93. The number of benzene rings is 2. The fourth-order valence-corrected chi connectivity index (χ4v) is 5.29. The number of fused-ring (bicyclic) bond motifs is 3. The molecule has 1 aliphatic carbocycles. The lowest BCUT2D eigenvalue weighted by molar-refractivity contribution is -0.152. The number of nitrogens with one attached hydrogen (secondary N) is 1. The molecule has 178 valence electrons. The highest BCUT2D eigenvalue weighted by molar-refractivity contribution is 5.83. The molecule has 2 aliphatic heterocycles. The Morgan fingerprint density at radius 3 is 2.32 bits per heavy atom. The molecule has 0 aromatic heterocycles. The van der Waals surface area contributed by atoms with Gasteiger partial charge in [0.15, 0.2) is 0 Å². The van der Waals surface area contributed by atoms with Gasteiger partial charge in [-0.3, -0.25) is 9.59 Å². The summed E-state index contributed by atoms with van der Waals surface area (Å²) in [7, 11) is 0. The van der Waals surface area contributed by atoms with Gasteiger partial charge in [-0.05, 0) is 28.7 Å². The molecule has 2 aromatic rings. The first-order chi connectivity index (χ1) is 16.5. The summed E-state index contributed by atoms with van der Waals surface area (Å²) in [6, 6.07) is 16.3. The number of carboxylic acid groups (broad SMARTS) is 1. The second-order valence-corrected chi connectivity index (χ2v) is 9.25. The van der Waals surface area contributed by atoms with Gasteiger partial charge in [0.2, 0.25) is 0 Å². The number of ether oxygens (including phenoxy) is 2. The predicted octanol–water partition coefficient (Wildman–Crippen LogP) is 2.86. The van der Waals surface area contributed by atoms with Gasteiger partial charge in [-0.25, -0.2) is 4.79 Å². The molecule has 8 heteroatoms. The van der Waals surface area contributed by atoms with Crippen molar-refractivity contribution >= 4 is 18.0 Å². The molecule has 8 nitrogen and oxygen atoms in total. The number of amides is 2. The zero-order valence-electron chi connectivity index (χ0n) is 18.8. The Labute approximate surface area is 197 Å². The van der Waals surface area contributed by atoms with Crippen molar-refractivity contribution in [2.24, 2.45) is 11.8 Å². The summed E-state index contributed by atoms with van der Waals surface area (Å²) >= 11 is 0. The first-order valence-corrected chi connectivity index (χ1v) is 11.7. The summed E-state index contributed by atoms with van der Waals surface area (Å²) in [6.07, 6.45) is -0.376. The van der Waals surface area contributed by atoms with E-state index in [1.165, 1.54) is 11.1 Å². The molecular formula is C26H28N2O6. The Morgan fingerprint density at radius 2 is 1.68 bits per heavy atom. The molecule has 0 spiro atoms. The van der Waals surface area contributed by atoms with E-state index >= 15 is 0 Å². The molecule has 2 heterocycles. The molecule has 34 heavy (non-hydrogen) atoms. The van der Waals surface area contributed by atoms with Crippen molar-refractivity contribution in [1.82, 2.24) is 10.2 Å². The summed E-state index contributed by atoms with van der Waals surface area (Å²) in [5, 5.41) is 11.7. The van der Waals surface area contributed by atoms with Crippen LogP contribution in [0.3, 0.4) is 0 Å². The van der Waals surface area contributed by atoms with Crippen LogP contribution < -0.4 is 5.32 Å². The molecule has 0 radical (unpaired) electrons. The summed E-state index contributed by atoms with van der Waals surface area (Å²) < 4.78 is 11.2. The summed E-state index contributed by atoms with van der Waals surface area (Å²) in [4.78, 5) is 37.7. The van der Waals surface area contributed by atoms with Gasteiger partial charge in [-0.1, -0.05) is 48.5 Å². The maximum atomic E-state index is 12.8. The highest BCUT2D eigenvalue weighted by Gasteiger charge is 2.41. The van der Waals surface area contributed by atoms with E-state index in [9.17, 15) is 14.4 Å². The number of hydrogen-bond acceptors (Lipinski definition) is 5. The average Bonchev–Trinajstić information content (AvgIpc) is 3.40. The van der Waals surface area contributed by atoms with Crippen LogP contribution in [0.1, 0.15) is 29.9 Å². The maximum Gasteiger partial charge on any atom is 0.407 e. The second-order valence-electron chi connectivity index (χ2n) is 9.25. The van der Waals surface area contributed by atoms with Gasteiger partial charge in [0, 0.05) is 44.0 Å². The van der Waals surface area contributed by atoms with Crippen molar-refractivity contribution in [3.05, 3.63) is 59.7 Å². The van der Waals surface area contributed by atoms with E-state index in [0.29, 0.717) is 32.7 Å². The number of aliphatic carboxylic acids is 1. The van der Waals surface area contributed by atoms with Crippen LogP contribution in [0.5, 0.6) is 0 Å². The molecule has 2 saturated heterocycles. The summed E-state index contributed by atoms with van der Waals surface area (Å²) in [6.45, 7) is 1.87. The van der Waals surface area contributed by atoms with E-state index in [4.69, 9.17) is 14.6 Å². The second kappa shape index (κ2) is 9.46. The number of nitrogens with zero attached hydrogens (tertiary/aromatic N) is 1. The van der Waals surface area contributed by atoms with Crippen molar-refractivity contribution in [1.29, 1.82) is 0 Å². The molecule has 2 amide bonds. The van der Waals surface area contributed by atoms with Crippen LogP contribution in [-0.4, -0.2) is 66.9 Å². The van der Waals surface area contributed by atoms with Gasteiger partial charge >= 0.3 is 12.1 Å². The Hall–Kier alpha value is -3.39. The van der Waals surface area contributed by atoms with Gasteiger partial charge in [-0.15, -0.1) is 0 Å². The van der Waals surface area contributed by atoms with Crippen LogP contribution in [0.15, 0.2) is 48.5 Å². The van der Waals surface area contributed by atoms with E-state index in [-0.39, 0.29) is 36.7 Å². The van der Waals surface area contributed by atoms with E-state index in [1.54, 1.807) is 4.90 Å². The van der Waals surface area contributed by atoms with Gasteiger partial charge in [-0.2, -0.15) is 0 Å². The van der Waals surface area contributed by atoms with Gasteiger partial charge in [0.1, 0.15) is 12.7 Å². The fourth-order valence-electron chi connectivity index (χ4n) is 5.29. The van der Waals surface area contributed by atoms with E-state index < -0.39 is 18.2 Å². The van der Waals surface area contributed by atoms with Crippen LogP contribution >= 0.6 is 0 Å². The standard InChI is InChI=1S/C26H28N2O6/c29-23(30)11-16-13-28(14-16)25(31)24-17(9-10-33-24)12-27-26(32)34-15-22-20-7-3-1-5-18(20)19-6-2-4-8-21(19)22/h1-8,16-17,22,24H,9-15H2,(H,27,32)(H,29,30)/t17-,24-/m0/s1. The number of carbonyl (C=O) groups excluding carboxylic acids is 2. The highest BCUT2D eigenvalue weighted by atomic mass is 16.5. The number of carboxylic acids is 1. The number of likely N-dealkylation sites (tertiary alicyclic amines) is 1. The van der Waals surface area contributed by atoms with Crippen LogP contribution in [0, 0.1) is 11.8 Å². The predicted molar refractivity (Wildman–Crippen MR) is 123 cm³/mol. The number of hydrogen-bond donors (Lipinski definition) is 2. The summed E-state index contributed by atoms with van der Waals surface area (Å²) in [5.41, 5.74) is 4.66. The van der Waals surface area contributed by atoms with Crippen molar-refractivity contribution < 1.29 is 29.0 Å². The minimum atomic E-state index is -0.848. The SMILES string of the molecule is O=C(O)CC1CN(C(=O)[C@H]2OCC[C@H]2CNC(=O)OCC2c3ccccc3-c3ccccc32)C1. The third-order valence-corrected chi connectivity index (χ3v) is 7.04. The number of rotatable bonds is 7. The highest BCUT2D eigenvalue weighted by Crippen LogP contribution is 2.44. The van der Waals surface area contributed by atoms with E-state index in [0.717, 1.165) is 11.1 Å².